The zero-order valence-corrected chi connectivity index (χ0v) is 22.4. The molecule has 0 bridgehead atoms. The van der Waals surface area contributed by atoms with E-state index in [1.807, 2.05) is 6.21 Å². The Kier molecular flexibility index (Phi) is 9.12. The average Bonchev–Trinajstić information content (AvgIpc) is 2.92. The molecule has 0 atom stereocenters. The second-order valence-corrected chi connectivity index (χ2v) is 12.9. The molecule has 36 heavy (non-hydrogen) atoms. The molecule has 0 saturated heterocycles. The summed E-state index contributed by atoms with van der Waals surface area (Å²) in [5.74, 6) is 0. The highest BCUT2D eigenvalue weighted by molar-refractivity contribution is 6.72. The molecule has 0 amide bonds. The van der Waals surface area contributed by atoms with Crippen molar-refractivity contribution < 1.29 is 4.53 Å². The average molecular weight is 493 g/mol. The molecule has 0 aliphatic carbocycles. The van der Waals surface area contributed by atoms with Gasteiger partial charge in [0.05, 0.1) is 6.21 Å². The lowest BCUT2D eigenvalue weighted by atomic mass is 10.2. The van der Waals surface area contributed by atoms with E-state index >= 15 is 0 Å². The second kappa shape index (κ2) is 12.9. The van der Waals surface area contributed by atoms with Crippen LogP contribution >= 0.6 is 0 Å². The van der Waals surface area contributed by atoms with Crippen LogP contribution in [0, 0.1) is 0 Å². The number of rotatable bonds is 12. The highest BCUT2D eigenvalue weighted by Gasteiger charge is 2.39. The second-order valence-electron chi connectivity index (χ2n) is 9.26. The zero-order chi connectivity index (χ0) is 25.1. The van der Waals surface area contributed by atoms with Crippen molar-refractivity contribution >= 4 is 20.2 Å². The Balaban J connectivity index is 1.63. The maximum Gasteiger partial charge on any atom is 0.300 e. The first kappa shape index (κ1) is 25.5. The topological polar surface area (TPSA) is 24.8 Å². The maximum atomic E-state index is 6.66. The molecule has 0 spiro atoms. The van der Waals surface area contributed by atoms with Gasteiger partial charge in [0.25, 0.3) is 8.32 Å². The molecule has 0 aromatic heterocycles. The molecular weight excluding hydrogens is 456 g/mol. The first-order valence-electron chi connectivity index (χ1n) is 12.9. The standard InChI is InChI=1S/C32H36N2OSi/c1-3-34(4-2)32-22-20-28(21-23-32)24-33-35-36(25-29-14-8-5-9-15-29,26-30-16-10-6-11-17-30)27-31-18-12-7-13-19-31/h5-24H,3-4,25-27H2,1-2H3/b33-24+. The Morgan fingerprint density at radius 1 is 0.611 bits per heavy atom. The first-order chi connectivity index (χ1) is 17.7. The summed E-state index contributed by atoms with van der Waals surface area (Å²) < 4.78 is 6.66. The van der Waals surface area contributed by atoms with Gasteiger partial charge in [0.1, 0.15) is 0 Å². The Morgan fingerprint density at radius 3 is 1.42 bits per heavy atom. The van der Waals surface area contributed by atoms with Crippen LogP contribution in [0.3, 0.4) is 0 Å². The molecule has 4 heteroatoms. The molecule has 0 radical (unpaired) electrons. The van der Waals surface area contributed by atoms with Gasteiger partial charge < -0.3 is 9.43 Å². The molecule has 184 valence electrons. The highest BCUT2D eigenvalue weighted by Crippen LogP contribution is 2.24. The molecule has 0 N–H and O–H groups in total. The normalized spacial score (nSPS) is 11.5. The van der Waals surface area contributed by atoms with E-state index in [-0.39, 0.29) is 0 Å². The fourth-order valence-corrected chi connectivity index (χ4v) is 8.53. The number of benzene rings is 4. The van der Waals surface area contributed by atoms with Crippen LogP contribution in [0.5, 0.6) is 0 Å². The minimum atomic E-state index is -2.42. The number of hydrogen-bond donors (Lipinski definition) is 0. The van der Waals surface area contributed by atoms with E-state index < -0.39 is 8.32 Å². The lowest BCUT2D eigenvalue weighted by Gasteiger charge is -2.29. The van der Waals surface area contributed by atoms with Crippen molar-refractivity contribution in [1.82, 2.24) is 0 Å². The predicted molar refractivity (Wildman–Crippen MR) is 155 cm³/mol. The Hall–Kier alpha value is -3.63. The van der Waals surface area contributed by atoms with Crippen LogP contribution in [0.2, 0.25) is 0 Å². The van der Waals surface area contributed by atoms with Gasteiger partial charge in [-0.1, -0.05) is 103 Å². The van der Waals surface area contributed by atoms with E-state index in [1.54, 1.807) is 0 Å². The number of anilines is 1. The molecule has 3 nitrogen and oxygen atoms in total. The van der Waals surface area contributed by atoms with Crippen LogP contribution in [0.25, 0.3) is 0 Å². The van der Waals surface area contributed by atoms with Gasteiger partial charge in [-0.25, -0.2) is 0 Å². The number of oxime groups is 1. The number of nitrogens with zero attached hydrogens (tertiary/aromatic N) is 2. The smallest absolute Gasteiger partial charge is 0.300 e. The molecule has 0 fully saturated rings. The zero-order valence-electron chi connectivity index (χ0n) is 21.4. The molecule has 4 aromatic rings. The van der Waals surface area contributed by atoms with Gasteiger partial charge in [-0.05, 0) is 48.2 Å². The molecule has 4 aromatic carbocycles. The van der Waals surface area contributed by atoms with Gasteiger partial charge in [0, 0.05) is 36.9 Å². The van der Waals surface area contributed by atoms with E-state index in [0.29, 0.717) is 0 Å². The summed E-state index contributed by atoms with van der Waals surface area (Å²) in [5, 5.41) is 4.64. The van der Waals surface area contributed by atoms with Crippen molar-refractivity contribution in [2.24, 2.45) is 5.16 Å². The third kappa shape index (κ3) is 7.19. The third-order valence-corrected chi connectivity index (χ3v) is 10.2. The van der Waals surface area contributed by atoms with Gasteiger partial charge in [-0.3, -0.25) is 0 Å². The molecule has 4 rings (SSSR count). The van der Waals surface area contributed by atoms with Gasteiger partial charge in [-0.15, -0.1) is 5.16 Å². The lowest BCUT2D eigenvalue weighted by molar-refractivity contribution is 0.319. The fourth-order valence-electron chi connectivity index (χ4n) is 4.75. The quantitative estimate of drug-likeness (QED) is 0.119. The molecule has 0 saturated carbocycles. The maximum absolute atomic E-state index is 6.66. The minimum absolute atomic E-state index is 0.899. The molecule has 0 unspecified atom stereocenters. The van der Waals surface area contributed by atoms with E-state index in [4.69, 9.17) is 4.53 Å². The van der Waals surface area contributed by atoms with Crippen LogP contribution in [0.15, 0.2) is 120 Å². The summed E-state index contributed by atoms with van der Waals surface area (Å²) in [6.07, 6.45) is 1.87. The van der Waals surface area contributed by atoms with E-state index in [1.165, 1.54) is 22.4 Å². The Labute approximate surface area is 217 Å². The molecule has 0 heterocycles. The van der Waals surface area contributed by atoms with Crippen molar-refractivity contribution in [2.45, 2.75) is 32.0 Å². The predicted octanol–water partition coefficient (Wildman–Crippen LogP) is 7.17. The van der Waals surface area contributed by atoms with Crippen molar-refractivity contribution in [1.29, 1.82) is 0 Å². The summed E-state index contributed by atoms with van der Waals surface area (Å²) in [6, 6.07) is 43.4. The summed E-state index contributed by atoms with van der Waals surface area (Å²) in [6.45, 7) is 6.37. The van der Waals surface area contributed by atoms with Crippen molar-refractivity contribution in [2.75, 3.05) is 18.0 Å². The largest absolute Gasteiger partial charge is 0.454 e. The minimum Gasteiger partial charge on any atom is -0.454 e. The van der Waals surface area contributed by atoms with E-state index in [9.17, 15) is 0 Å². The van der Waals surface area contributed by atoms with Gasteiger partial charge in [0.15, 0.2) is 0 Å². The van der Waals surface area contributed by atoms with Gasteiger partial charge >= 0.3 is 0 Å². The molecular formula is C32H36N2OSi. The summed E-state index contributed by atoms with van der Waals surface area (Å²) in [4.78, 5) is 2.34. The van der Waals surface area contributed by atoms with Crippen LogP contribution < -0.4 is 4.90 Å². The Morgan fingerprint density at radius 2 is 1.03 bits per heavy atom. The monoisotopic (exact) mass is 492 g/mol. The summed E-state index contributed by atoms with van der Waals surface area (Å²) in [7, 11) is -2.42. The number of hydrogen-bond acceptors (Lipinski definition) is 3. The Bertz CT molecular complexity index is 1090. The lowest BCUT2D eigenvalue weighted by Crippen LogP contribution is -2.46. The van der Waals surface area contributed by atoms with Crippen molar-refractivity contribution in [3.05, 3.63) is 138 Å². The van der Waals surface area contributed by atoms with E-state index in [2.05, 4.69) is 139 Å². The van der Waals surface area contributed by atoms with Crippen LogP contribution in [0.1, 0.15) is 36.1 Å². The summed E-state index contributed by atoms with van der Waals surface area (Å²) in [5.41, 5.74) is 6.19. The summed E-state index contributed by atoms with van der Waals surface area (Å²) >= 11 is 0. The van der Waals surface area contributed by atoms with Gasteiger partial charge in [-0.2, -0.15) is 0 Å². The van der Waals surface area contributed by atoms with Crippen LogP contribution in [-0.2, 0) is 22.7 Å². The van der Waals surface area contributed by atoms with Gasteiger partial charge in [0.2, 0.25) is 0 Å². The van der Waals surface area contributed by atoms with Crippen molar-refractivity contribution in [3.8, 4) is 0 Å². The fraction of sp³-hybridized carbons (Fsp3) is 0.219. The molecule has 0 aliphatic heterocycles. The van der Waals surface area contributed by atoms with Crippen LogP contribution in [0.4, 0.5) is 5.69 Å². The third-order valence-electron chi connectivity index (χ3n) is 6.58. The molecule has 0 aliphatic rings. The SMILES string of the molecule is CCN(CC)c1ccc(/C=N/O[Si](Cc2ccccc2)(Cc2ccccc2)Cc2ccccc2)cc1. The van der Waals surface area contributed by atoms with E-state index in [0.717, 1.165) is 36.8 Å². The van der Waals surface area contributed by atoms with Crippen LogP contribution in [-0.4, -0.2) is 27.6 Å². The first-order valence-corrected chi connectivity index (χ1v) is 15.4. The van der Waals surface area contributed by atoms with Crippen molar-refractivity contribution in [3.63, 3.8) is 0 Å². The highest BCUT2D eigenvalue weighted by atomic mass is 28.4.